The monoisotopic (exact) mass is 473 g/mol. The van der Waals surface area contributed by atoms with Crippen molar-refractivity contribution in [3.8, 4) is 5.88 Å². The Kier molecular flexibility index (Phi) is 7.70. The van der Waals surface area contributed by atoms with Crippen LogP contribution in [0.2, 0.25) is 0 Å². The lowest BCUT2D eigenvalue weighted by Gasteiger charge is -2.15. The summed E-state index contributed by atoms with van der Waals surface area (Å²) in [6.07, 6.45) is 1.41. The van der Waals surface area contributed by atoms with Crippen LogP contribution < -0.4 is 5.56 Å². The van der Waals surface area contributed by atoms with Crippen LogP contribution in [0.5, 0.6) is 5.88 Å². The van der Waals surface area contributed by atoms with E-state index in [9.17, 15) is 31.3 Å². The molecule has 1 heterocycles. The van der Waals surface area contributed by atoms with E-state index in [1.54, 1.807) is 0 Å². The topological polar surface area (TPSA) is 165 Å². The highest BCUT2D eigenvalue weighted by Crippen LogP contribution is 2.33. The van der Waals surface area contributed by atoms with E-state index in [2.05, 4.69) is 10.2 Å². The number of aromatic nitrogens is 1. The fourth-order valence-electron chi connectivity index (χ4n) is 2.77. The Labute approximate surface area is 179 Å². The summed E-state index contributed by atoms with van der Waals surface area (Å²) in [6.45, 7) is 1.68. The average molecular weight is 474 g/mol. The zero-order valence-electron chi connectivity index (χ0n) is 17.1. The van der Waals surface area contributed by atoms with Gasteiger partial charge in [0.2, 0.25) is 5.88 Å². The van der Waals surface area contributed by atoms with Gasteiger partial charge in [-0.1, -0.05) is 0 Å². The van der Waals surface area contributed by atoms with E-state index in [4.69, 9.17) is 4.74 Å². The molecule has 1 aromatic carbocycles. The first-order valence-electron chi connectivity index (χ1n) is 8.96. The number of nitrogens with zero attached hydrogens (tertiary/aromatic N) is 3. The molecule has 0 aliphatic rings. The van der Waals surface area contributed by atoms with Crippen molar-refractivity contribution < 1.29 is 31.2 Å². The van der Waals surface area contributed by atoms with E-state index in [-0.39, 0.29) is 40.5 Å². The molecule has 0 atom stereocenters. The second-order valence-electron chi connectivity index (χ2n) is 6.77. The van der Waals surface area contributed by atoms with Crippen molar-refractivity contribution in [1.29, 1.82) is 0 Å². The molecule has 0 saturated carbocycles. The summed E-state index contributed by atoms with van der Waals surface area (Å²) in [5.74, 6) is -1.47. The predicted octanol–water partition coefficient (Wildman–Crippen LogP) is 2.11. The van der Waals surface area contributed by atoms with Crippen LogP contribution >= 0.6 is 0 Å². The molecule has 2 aromatic rings. The van der Waals surface area contributed by atoms with Crippen molar-refractivity contribution in [3.63, 3.8) is 0 Å². The molecule has 0 amide bonds. The number of hydrogen-bond donors (Lipinski definition) is 2. The van der Waals surface area contributed by atoms with Crippen molar-refractivity contribution in [2.45, 2.75) is 30.5 Å². The molecule has 0 spiro atoms. The highest BCUT2D eigenvalue weighted by molar-refractivity contribution is 7.90. The van der Waals surface area contributed by atoms with Crippen LogP contribution in [-0.2, 0) is 37.0 Å². The quantitative estimate of drug-likeness (QED) is 0.317. The fraction of sp³-hybridized carbons (Fsp3) is 0.389. The number of ether oxygens (including phenoxy) is 1. The molecule has 13 heteroatoms. The number of benzene rings is 1. The summed E-state index contributed by atoms with van der Waals surface area (Å²) in [5, 5.41) is 18.5. The second-order valence-corrected chi connectivity index (χ2v) is 10.2. The van der Waals surface area contributed by atoms with Gasteiger partial charge in [0.05, 0.1) is 10.6 Å². The molecule has 0 bridgehead atoms. The lowest BCUT2D eigenvalue weighted by atomic mass is 10.1. The number of azo groups is 1. The standard InChI is InChI=1S/C18H23N3O8S2/c1-12-15(11-31(26,27)28)17(22)21(9-4-10-29-2)18(23)16(12)20-19-13-5-7-14(8-6-13)30(3,24)25/h5-8,23H,4,9-11H2,1-3H3,(H,26,27,28)/b20-19+. The lowest BCUT2D eigenvalue weighted by molar-refractivity contribution is 0.188. The normalized spacial score (nSPS) is 12.5. The fourth-order valence-corrected chi connectivity index (χ4v) is 4.11. The predicted molar refractivity (Wildman–Crippen MR) is 113 cm³/mol. The first-order chi connectivity index (χ1) is 14.3. The second kappa shape index (κ2) is 9.68. The zero-order valence-corrected chi connectivity index (χ0v) is 18.8. The number of sulfone groups is 1. The minimum Gasteiger partial charge on any atom is -0.493 e. The molecular weight excluding hydrogens is 450 g/mol. The van der Waals surface area contributed by atoms with Crippen LogP contribution in [0.25, 0.3) is 0 Å². The maximum Gasteiger partial charge on any atom is 0.269 e. The molecule has 31 heavy (non-hydrogen) atoms. The molecule has 0 unspecified atom stereocenters. The van der Waals surface area contributed by atoms with Gasteiger partial charge in [0, 0.05) is 32.1 Å². The van der Waals surface area contributed by atoms with Gasteiger partial charge in [0.15, 0.2) is 9.84 Å². The van der Waals surface area contributed by atoms with Crippen LogP contribution in [0.15, 0.2) is 44.2 Å². The first kappa shape index (κ1) is 24.7. The average Bonchev–Trinajstić information content (AvgIpc) is 2.67. The molecular formula is C18H23N3O8S2. The molecule has 1 aromatic heterocycles. The molecule has 0 saturated heterocycles. The van der Waals surface area contributed by atoms with E-state index >= 15 is 0 Å². The minimum absolute atomic E-state index is 0.0167. The van der Waals surface area contributed by atoms with Crippen LogP contribution in [0.1, 0.15) is 17.5 Å². The SMILES string of the molecule is COCCCn1c(O)c(/N=N/c2ccc(S(C)(=O)=O)cc2)c(C)c(CS(=O)(=O)O)c1=O. The van der Waals surface area contributed by atoms with E-state index < -0.39 is 37.1 Å². The Hall–Kier alpha value is -2.61. The van der Waals surface area contributed by atoms with Crippen LogP contribution in [-0.4, -0.2) is 51.0 Å². The van der Waals surface area contributed by atoms with Crippen molar-refractivity contribution in [1.82, 2.24) is 4.57 Å². The number of pyridine rings is 1. The Morgan fingerprint density at radius 1 is 1.10 bits per heavy atom. The van der Waals surface area contributed by atoms with Gasteiger partial charge in [-0.2, -0.15) is 13.5 Å². The maximum atomic E-state index is 12.7. The van der Waals surface area contributed by atoms with Crippen LogP contribution in [0.3, 0.4) is 0 Å². The van der Waals surface area contributed by atoms with Gasteiger partial charge in [-0.25, -0.2) is 8.42 Å². The summed E-state index contributed by atoms with van der Waals surface area (Å²) in [4.78, 5) is 12.8. The van der Waals surface area contributed by atoms with E-state index in [0.717, 1.165) is 10.8 Å². The first-order valence-corrected chi connectivity index (χ1v) is 12.5. The van der Waals surface area contributed by atoms with E-state index in [1.807, 2.05) is 0 Å². The van der Waals surface area contributed by atoms with E-state index in [0.29, 0.717) is 6.42 Å². The van der Waals surface area contributed by atoms with Gasteiger partial charge in [0.1, 0.15) is 11.4 Å². The Balaban J connectivity index is 2.56. The van der Waals surface area contributed by atoms with Crippen molar-refractivity contribution >= 4 is 31.3 Å². The van der Waals surface area contributed by atoms with Crippen molar-refractivity contribution in [2.24, 2.45) is 10.2 Å². The van der Waals surface area contributed by atoms with Gasteiger partial charge in [0.25, 0.3) is 15.7 Å². The number of hydrogen-bond acceptors (Lipinski definition) is 9. The molecule has 2 N–H and O–H groups in total. The maximum absolute atomic E-state index is 12.7. The summed E-state index contributed by atoms with van der Waals surface area (Å²) in [7, 11) is -6.45. The third kappa shape index (κ3) is 6.43. The number of aromatic hydroxyl groups is 1. The van der Waals surface area contributed by atoms with Crippen molar-refractivity contribution in [2.75, 3.05) is 20.0 Å². The minimum atomic E-state index is -4.53. The number of methoxy groups -OCH3 is 1. The largest absolute Gasteiger partial charge is 0.493 e. The third-order valence-corrected chi connectivity index (χ3v) is 6.15. The molecule has 170 valence electrons. The summed E-state index contributed by atoms with van der Waals surface area (Å²) < 4.78 is 61.0. The van der Waals surface area contributed by atoms with Crippen LogP contribution in [0.4, 0.5) is 11.4 Å². The smallest absolute Gasteiger partial charge is 0.269 e. The highest BCUT2D eigenvalue weighted by Gasteiger charge is 2.22. The highest BCUT2D eigenvalue weighted by atomic mass is 32.2. The van der Waals surface area contributed by atoms with Gasteiger partial charge in [-0.05, 0) is 43.2 Å². The van der Waals surface area contributed by atoms with E-state index in [1.165, 1.54) is 38.3 Å². The molecule has 11 nitrogen and oxygen atoms in total. The molecule has 2 rings (SSSR count). The third-order valence-electron chi connectivity index (χ3n) is 4.37. The summed E-state index contributed by atoms with van der Waals surface area (Å²) >= 11 is 0. The van der Waals surface area contributed by atoms with Crippen LogP contribution in [0, 0.1) is 6.92 Å². The summed E-state index contributed by atoms with van der Waals surface area (Å²) in [6, 6.07) is 5.48. The Morgan fingerprint density at radius 3 is 2.23 bits per heavy atom. The van der Waals surface area contributed by atoms with Crippen molar-refractivity contribution in [3.05, 3.63) is 45.7 Å². The molecule has 0 aliphatic heterocycles. The van der Waals surface area contributed by atoms with Gasteiger partial charge in [-0.3, -0.25) is 13.9 Å². The number of rotatable bonds is 9. The lowest BCUT2D eigenvalue weighted by Crippen LogP contribution is -2.27. The molecule has 0 fully saturated rings. The Morgan fingerprint density at radius 2 is 1.71 bits per heavy atom. The molecule has 0 aliphatic carbocycles. The zero-order chi connectivity index (χ0) is 23.4. The molecule has 0 radical (unpaired) electrons. The van der Waals surface area contributed by atoms with Gasteiger partial charge < -0.3 is 9.84 Å². The summed E-state index contributed by atoms with van der Waals surface area (Å²) in [5.41, 5.74) is -0.874. The van der Waals surface area contributed by atoms with Gasteiger partial charge >= 0.3 is 0 Å². The Bertz CT molecular complexity index is 1250. The van der Waals surface area contributed by atoms with Gasteiger partial charge in [-0.15, -0.1) is 5.11 Å².